The van der Waals surface area contributed by atoms with Gasteiger partial charge in [0.2, 0.25) is 0 Å². The molecule has 1 heterocycles. The molecular formula is C23H21N4O3+. The predicted octanol–water partition coefficient (Wildman–Crippen LogP) is 1.10. The Kier molecular flexibility index (Phi) is 5.12. The highest BCUT2D eigenvalue weighted by atomic mass is 16.3. The number of amidine groups is 1. The van der Waals surface area contributed by atoms with E-state index >= 15 is 0 Å². The van der Waals surface area contributed by atoms with E-state index in [0.29, 0.717) is 17.0 Å². The molecular weight excluding hydrogens is 380 g/mol. The quantitative estimate of drug-likeness (QED) is 0.325. The van der Waals surface area contributed by atoms with Gasteiger partial charge >= 0.3 is 6.03 Å². The summed E-state index contributed by atoms with van der Waals surface area (Å²) in [6, 6.07) is 18.0. The highest BCUT2D eigenvalue weighted by Gasteiger charge is 2.24. The molecule has 2 amide bonds. The van der Waals surface area contributed by atoms with E-state index < -0.39 is 6.03 Å². The number of nitrogens with zero attached hydrogens (tertiary/aromatic N) is 2. The summed E-state index contributed by atoms with van der Waals surface area (Å²) in [6.45, 7) is 0.0126. The molecule has 4 rings (SSSR count). The van der Waals surface area contributed by atoms with E-state index in [1.807, 2.05) is 36.4 Å². The Morgan fingerprint density at radius 3 is 2.37 bits per heavy atom. The average molecular weight is 401 g/mol. The van der Waals surface area contributed by atoms with Gasteiger partial charge in [0.1, 0.15) is 0 Å². The lowest BCUT2D eigenvalue weighted by Gasteiger charge is -2.15. The molecule has 0 atom stereocenters. The Morgan fingerprint density at radius 1 is 1.03 bits per heavy atom. The van der Waals surface area contributed by atoms with Crippen molar-refractivity contribution in [3.63, 3.8) is 0 Å². The van der Waals surface area contributed by atoms with Gasteiger partial charge in [-0.05, 0) is 52.7 Å². The number of urea groups is 1. The molecule has 0 saturated heterocycles. The molecule has 150 valence electrons. The fraction of sp³-hybridized carbons (Fsp3) is 0.130. The van der Waals surface area contributed by atoms with Crippen LogP contribution >= 0.6 is 0 Å². The summed E-state index contributed by atoms with van der Waals surface area (Å²) in [4.78, 5) is 29.9. The second kappa shape index (κ2) is 7.88. The van der Waals surface area contributed by atoms with E-state index in [9.17, 15) is 9.59 Å². The third-order valence-electron chi connectivity index (χ3n) is 5.11. The second-order valence-corrected chi connectivity index (χ2v) is 7.20. The standard InChI is InChI=1S/C23H20N4O3/c24-22(25)18-4-3-16-9-14(1-2-17(16)11-18)10-21(29)15-5-7-20(8-6-15)27-12-19(13-28)26-23(27)30/h1-9,11,28H,10,12-13H2,(H3,24,25)/p+1. The van der Waals surface area contributed by atoms with Crippen molar-refractivity contribution in [1.29, 1.82) is 0 Å². The number of ketones is 1. The first-order valence-electron chi connectivity index (χ1n) is 9.47. The molecule has 0 aromatic heterocycles. The van der Waals surface area contributed by atoms with Gasteiger partial charge in [-0.15, -0.1) is 0 Å². The number of amides is 2. The number of hydrogen-bond donors (Lipinski definition) is 3. The van der Waals surface area contributed by atoms with Gasteiger partial charge in [-0.25, -0.2) is 4.79 Å². The van der Waals surface area contributed by atoms with Crippen molar-refractivity contribution >= 4 is 39.8 Å². The van der Waals surface area contributed by atoms with Gasteiger partial charge in [-0.3, -0.25) is 20.8 Å². The average Bonchev–Trinajstić information content (AvgIpc) is 3.14. The number of aliphatic imine (C=N–C) groups is 1. The van der Waals surface area contributed by atoms with Crippen LogP contribution in [0.2, 0.25) is 0 Å². The molecule has 3 aromatic rings. The molecule has 5 N–H and O–H groups in total. The second-order valence-electron chi connectivity index (χ2n) is 7.20. The number of fused-ring (bicyclic) bond motifs is 1. The first-order valence-corrected chi connectivity index (χ1v) is 9.47. The molecule has 0 saturated carbocycles. The van der Waals surface area contributed by atoms with Crippen molar-refractivity contribution in [1.82, 2.24) is 0 Å². The molecule has 1 aliphatic rings. The maximum absolute atomic E-state index is 12.7. The minimum Gasteiger partial charge on any atom is -0.390 e. The van der Waals surface area contributed by atoms with Crippen LogP contribution in [0.4, 0.5) is 10.5 Å². The zero-order valence-corrected chi connectivity index (χ0v) is 16.2. The molecule has 1 aliphatic heterocycles. The summed E-state index contributed by atoms with van der Waals surface area (Å²) in [5, 5.41) is 16.8. The van der Waals surface area contributed by atoms with Crippen molar-refractivity contribution < 1.29 is 20.1 Å². The number of anilines is 1. The van der Waals surface area contributed by atoms with Crippen molar-refractivity contribution in [2.24, 2.45) is 10.7 Å². The minimum absolute atomic E-state index is 0.0166. The monoisotopic (exact) mass is 401 g/mol. The van der Waals surface area contributed by atoms with E-state index in [0.717, 1.165) is 21.9 Å². The number of aliphatic hydroxyl groups is 1. The third-order valence-corrected chi connectivity index (χ3v) is 5.11. The zero-order valence-electron chi connectivity index (χ0n) is 16.2. The number of hydrogen-bond acceptors (Lipinski definition) is 3. The lowest BCUT2D eigenvalue weighted by atomic mass is 9.99. The van der Waals surface area contributed by atoms with Gasteiger partial charge in [-0.2, -0.15) is 4.99 Å². The minimum atomic E-state index is -0.411. The number of rotatable bonds is 6. The maximum Gasteiger partial charge on any atom is 0.348 e. The molecule has 0 unspecified atom stereocenters. The SMILES string of the molecule is NC(=[NH2+])c1ccc2cc(CC(=O)c3ccc(N4CC(CO)=NC4=O)cc3)ccc2c1. The van der Waals surface area contributed by atoms with Gasteiger partial charge in [0.15, 0.2) is 5.78 Å². The van der Waals surface area contributed by atoms with Crippen LogP contribution in [-0.2, 0) is 6.42 Å². The predicted molar refractivity (Wildman–Crippen MR) is 116 cm³/mol. The van der Waals surface area contributed by atoms with E-state index in [1.54, 1.807) is 24.3 Å². The smallest absolute Gasteiger partial charge is 0.348 e. The summed E-state index contributed by atoms with van der Waals surface area (Å²) < 4.78 is 0. The number of carbonyl (C=O) groups excluding carboxylic acids is 2. The molecule has 0 aliphatic carbocycles. The number of Topliss-reactive ketones (excluding diaryl/α,β-unsaturated/α-hetero) is 1. The summed E-state index contributed by atoms with van der Waals surface area (Å²) >= 11 is 0. The normalized spacial score (nSPS) is 13.6. The Labute approximate surface area is 173 Å². The van der Waals surface area contributed by atoms with Crippen LogP contribution in [0, 0.1) is 0 Å². The Hall–Kier alpha value is -3.84. The maximum atomic E-state index is 12.7. The van der Waals surface area contributed by atoms with Crippen molar-refractivity contribution in [3.05, 3.63) is 77.4 Å². The van der Waals surface area contributed by atoms with E-state index in [2.05, 4.69) is 4.99 Å². The van der Waals surface area contributed by atoms with E-state index in [1.165, 1.54) is 4.90 Å². The van der Waals surface area contributed by atoms with Crippen LogP contribution in [0.15, 0.2) is 65.7 Å². The Bertz CT molecular complexity index is 1200. The molecule has 3 aromatic carbocycles. The fourth-order valence-corrected chi connectivity index (χ4v) is 3.47. The number of nitrogens with two attached hydrogens (primary N) is 2. The largest absolute Gasteiger partial charge is 0.390 e. The first-order chi connectivity index (χ1) is 14.4. The van der Waals surface area contributed by atoms with Gasteiger partial charge in [0, 0.05) is 17.7 Å². The first kappa shape index (κ1) is 19.5. The van der Waals surface area contributed by atoms with Gasteiger partial charge in [-0.1, -0.05) is 24.3 Å². The molecule has 30 heavy (non-hydrogen) atoms. The summed E-state index contributed by atoms with van der Waals surface area (Å²) in [5.74, 6) is 0.256. The number of carbonyl (C=O) groups is 2. The summed E-state index contributed by atoms with van der Waals surface area (Å²) in [5.41, 5.74) is 8.96. The lowest BCUT2D eigenvalue weighted by molar-refractivity contribution is -0.114. The van der Waals surface area contributed by atoms with Gasteiger partial charge in [0.25, 0.3) is 5.84 Å². The Morgan fingerprint density at radius 2 is 1.70 bits per heavy atom. The van der Waals surface area contributed by atoms with Crippen LogP contribution in [0.25, 0.3) is 10.8 Å². The Balaban J connectivity index is 1.48. The molecule has 0 bridgehead atoms. The van der Waals surface area contributed by atoms with Crippen LogP contribution in [0.5, 0.6) is 0 Å². The molecule has 0 fully saturated rings. The molecule has 7 nitrogen and oxygen atoms in total. The lowest BCUT2D eigenvalue weighted by Crippen LogP contribution is -2.46. The van der Waals surface area contributed by atoms with E-state index in [4.69, 9.17) is 16.2 Å². The number of benzene rings is 3. The van der Waals surface area contributed by atoms with Crippen molar-refractivity contribution in [2.75, 3.05) is 18.1 Å². The topological polar surface area (TPSA) is 122 Å². The molecule has 7 heteroatoms. The fourth-order valence-electron chi connectivity index (χ4n) is 3.47. The van der Waals surface area contributed by atoms with E-state index in [-0.39, 0.29) is 31.2 Å². The van der Waals surface area contributed by atoms with Crippen LogP contribution in [0.1, 0.15) is 21.5 Å². The van der Waals surface area contributed by atoms with Crippen molar-refractivity contribution in [2.45, 2.75) is 6.42 Å². The third kappa shape index (κ3) is 3.83. The number of aliphatic hydroxyl groups excluding tert-OH is 1. The van der Waals surface area contributed by atoms with Crippen molar-refractivity contribution in [3.8, 4) is 0 Å². The summed E-state index contributed by atoms with van der Waals surface area (Å²) in [7, 11) is 0. The van der Waals surface area contributed by atoms with Crippen LogP contribution in [-0.4, -0.2) is 41.6 Å². The molecule has 0 spiro atoms. The zero-order chi connectivity index (χ0) is 21.3. The van der Waals surface area contributed by atoms with Gasteiger partial charge < -0.3 is 5.11 Å². The van der Waals surface area contributed by atoms with Crippen LogP contribution in [0.3, 0.4) is 0 Å². The van der Waals surface area contributed by atoms with Crippen LogP contribution < -0.4 is 16.0 Å². The highest BCUT2D eigenvalue weighted by Crippen LogP contribution is 2.22. The summed E-state index contributed by atoms with van der Waals surface area (Å²) in [6.07, 6.45) is 0.266. The van der Waals surface area contributed by atoms with Gasteiger partial charge in [0.05, 0.1) is 24.4 Å². The highest BCUT2D eigenvalue weighted by molar-refractivity contribution is 6.12. The molecule has 0 radical (unpaired) electrons.